The second-order valence-corrected chi connectivity index (χ2v) is 5.08. The fraction of sp³-hybridized carbons (Fsp3) is 0.533. The minimum Gasteiger partial charge on any atom is -0.395 e. The van der Waals surface area contributed by atoms with Crippen LogP contribution in [-0.2, 0) is 10.2 Å². The molecule has 4 heteroatoms. The molecular formula is C15H22N2O2. The quantitative estimate of drug-likeness (QED) is 0.795. The van der Waals surface area contributed by atoms with Gasteiger partial charge in [-0.2, -0.15) is 0 Å². The van der Waals surface area contributed by atoms with E-state index in [1.54, 1.807) is 4.90 Å². The van der Waals surface area contributed by atoms with Crippen LogP contribution in [0, 0.1) is 5.92 Å². The van der Waals surface area contributed by atoms with Crippen molar-refractivity contribution in [2.45, 2.75) is 18.8 Å². The van der Waals surface area contributed by atoms with E-state index in [2.05, 4.69) is 0 Å². The molecule has 0 saturated heterocycles. The van der Waals surface area contributed by atoms with Crippen LogP contribution in [0.3, 0.4) is 0 Å². The Hall–Kier alpha value is -1.39. The summed E-state index contributed by atoms with van der Waals surface area (Å²) in [6.07, 6.45) is 0.814. The number of carbonyl (C=O) groups excluding carboxylic acids is 1. The molecular weight excluding hydrogens is 240 g/mol. The lowest BCUT2D eigenvalue weighted by Crippen LogP contribution is -2.42. The predicted molar refractivity (Wildman–Crippen MR) is 74.6 cm³/mol. The van der Waals surface area contributed by atoms with Gasteiger partial charge in [0.05, 0.1) is 12.0 Å². The van der Waals surface area contributed by atoms with Crippen molar-refractivity contribution in [3.63, 3.8) is 0 Å². The second kappa shape index (κ2) is 5.72. The van der Waals surface area contributed by atoms with Gasteiger partial charge in [-0.1, -0.05) is 30.3 Å². The summed E-state index contributed by atoms with van der Waals surface area (Å²) in [5, 5.41) is 9.08. The summed E-state index contributed by atoms with van der Waals surface area (Å²) in [4.78, 5) is 14.5. The number of aliphatic hydroxyl groups excluding tert-OH is 1. The maximum absolute atomic E-state index is 12.8. The molecule has 19 heavy (non-hydrogen) atoms. The molecule has 2 atom stereocenters. The van der Waals surface area contributed by atoms with Crippen LogP contribution in [-0.4, -0.2) is 42.2 Å². The van der Waals surface area contributed by atoms with E-state index in [1.165, 1.54) is 0 Å². The average Bonchev–Trinajstić information content (AvgIpc) is 3.21. The van der Waals surface area contributed by atoms with Gasteiger partial charge in [0, 0.05) is 13.1 Å². The smallest absolute Gasteiger partial charge is 0.233 e. The lowest BCUT2D eigenvalue weighted by molar-refractivity contribution is -0.134. The summed E-state index contributed by atoms with van der Waals surface area (Å²) >= 11 is 0. The Bertz CT molecular complexity index is 435. The van der Waals surface area contributed by atoms with Crippen LogP contribution >= 0.6 is 0 Å². The maximum Gasteiger partial charge on any atom is 0.233 e. The summed E-state index contributed by atoms with van der Waals surface area (Å²) in [7, 11) is 0. The van der Waals surface area contributed by atoms with E-state index in [0.717, 1.165) is 12.0 Å². The zero-order chi connectivity index (χ0) is 13.9. The van der Waals surface area contributed by atoms with E-state index in [-0.39, 0.29) is 18.4 Å². The molecule has 0 bridgehead atoms. The molecule has 1 aromatic carbocycles. The van der Waals surface area contributed by atoms with Crippen LogP contribution in [0.2, 0.25) is 0 Å². The van der Waals surface area contributed by atoms with Crippen molar-refractivity contribution in [3.8, 4) is 0 Å². The van der Waals surface area contributed by atoms with E-state index in [9.17, 15) is 4.79 Å². The highest BCUT2D eigenvalue weighted by atomic mass is 16.3. The van der Waals surface area contributed by atoms with Crippen molar-refractivity contribution >= 4 is 5.91 Å². The van der Waals surface area contributed by atoms with Gasteiger partial charge in [0.15, 0.2) is 0 Å². The van der Waals surface area contributed by atoms with Crippen molar-refractivity contribution in [1.29, 1.82) is 0 Å². The van der Waals surface area contributed by atoms with Crippen molar-refractivity contribution in [2.75, 3.05) is 26.2 Å². The molecule has 3 N–H and O–H groups in total. The molecule has 1 unspecified atom stereocenters. The van der Waals surface area contributed by atoms with Gasteiger partial charge in [0.1, 0.15) is 0 Å². The van der Waals surface area contributed by atoms with Gasteiger partial charge in [0.2, 0.25) is 5.91 Å². The van der Waals surface area contributed by atoms with Gasteiger partial charge in [-0.05, 0) is 31.4 Å². The highest BCUT2D eigenvalue weighted by Crippen LogP contribution is 2.54. The van der Waals surface area contributed by atoms with E-state index < -0.39 is 5.41 Å². The summed E-state index contributed by atoms with van der Waals surface area (Å²) in [6, 6.07) is 9.87. The van der Waals surface area contributed by atoms with E-state index in [1.807, 2.05) is 37.3 Å². The largest absolute Gasteiger partial charge is 0.395 e. The number of amides is 1. The van der Waals surface area contributed by atoms with Crippen LogP contribution in [0.15, 0.2) is 30.3 Å². The third-order valence-electron chi connectivity index (χ3n) is 4.10. The van der Waals surface area contributed by atoms with Gasteiger partial charge in [-0.25, -0.2) is 0 Å². The Morgan fingerprint density at radius 3 is 2.63 bits per heavy atom. The van der Waals surface area contributed by atoms with Crippen LogP contribution in [0.4, 0.5) is 0 Å². The minimum atomic E-state index is -0.457. The molecule has 1 amide bonds. The predicted octanol–water partition coefficient (Wildman–Crippen LogP) is 0.744. The van der Waals surface area contributed by atoms with Crippen LogP contribution in [0.5, 0.6) is 0 Å². The standard InChI is InChI=1S/C15H22N2O2/c1-2-17(8-9-18)14(19)15(10-13(15)11-16)12-6-4-3-5-7-12/h3-7,13,18H,2,8-11,16H2,1H3/t13?,15-/m1/s1. The van der Waals surface area contributed by atoms with Crippen molar-refractivity contribution < 1.29 is 9.90 Å². The average molecular weight is 262 g/mol. The van der Waals surface area contributed by atoms with Crippen molar-refractivity contribution in [1.82, 2.24) is 4.90 Å². The fourth-order valence-corrected chi connectivity index (χ4v) is 2.89. The third kappa shape index (κ3) is 2.38. The molecule has 1 aromatic rings. The molecule has 0 aliphatic heterocycles. The number of hydrogen-bond donors (Lipinski definition) is 2. The first kappa shape index (κ1) is 14.0. The Morgan fingerprint density at radius 2 is 2.16 bits per heavy atom. The normalized spacial score (nSPS) is 25.1. The van der Waals surface area contributed by atoms with Gasteiger partial charge in [-0.3, -0.25) is 4.79 Å². The topological polar surface area (TPSA) is 66.6 Å². The molecule has 0 heterocycles. The first-order valence-electron chi connectivity index (χ1n) is 6.86. The molecule has 1 fully saturated rings. The number of nitrogens with zero attached hydrogens (tertiary/aromatic N) is 1. The highest BCUT2D eigenvalue weighted by molar-refractivity contribution is 5.92. The number of aliphatic hydroxyl groups is 1. The zero-order valence-corrected chi connectivity index (χ0v) is 11.4. The molecule has 1 aliphatic rings. The number of nitrogens with two attached hydrogens (primary N) is 1. The molecule has 1 saturated carbocycles. The number of likely N-dealkylation sites (N-methyl/N-ethyl adjacent to an activating group) is 1. The highest BCUT2D eigenvalue weighted by Gasteiger charge is 2.61. The number of hydrogen-bond acceptors (Lipinski definition) is 3. The van der Waals surface area contributed by atoms with Crippen LogP contribution in [0.25, 0.3) is 0 Å². The zero-order valence-electron chi connectivity index (χ0n) is 11.4. The van der Waals surface area contributed by atoms with Gasteiger partial charge < -0.3 is 15.7 Å². The van der Waals surface area contributed by atoms with Gasteiger partial charge >= 0.3 is 0 Å². The van der Waals surface area contributed by atoms with Crippen molar-refractivity contribution in [3.05, 3.63) is 35.9 Å². The molecule has 104 valence electrons. The van der Waals surface area contributed by atoms with E-state index in [0.29, 0.717) is 19.6 Å². The summed E-state index contributed by atoms with van der Waals surface area (Å²) in [6.45, 7) is 3.47. The van der Waals surface area contributed by atoms with E-state index >= 15 is 0 Å². The monoisotopic (exact) mass is 262 g/mol. The number of carbonyl (C=O) groups is 1. The molecule has 4 nitrogen and oxygen atoms in total. The third-order valence-corrected chi connectivity index (χ3v) is 4.10. The van der Waals surface area contributed by atoms with E-state index in [4.69, 9.17) is 10.8 Å². The first-order valence-corrected chi connectivity index (χ1v) is 6.86. The Labute approximate surface area is 114 Å². The van der Waals surface area contributed by atoms with Crippen LogP contribution in [0.1, 0.15) is 18.9 Å². The number of rotatable bonds is 6. The fourth-order valence-electron chi connectivity index (χ4n) is 2.89. The van der Waals surface area contributed by atoms with Gasteiger partial charge in [0.25, 0.3) is 0 Å². The van der Waals surface area contributed by atoms with Gasteiger partial charge in [-0.15, -0.1) is 0 Å². The summed E-state index contributed by atoms with van der Waals surface area (Å²) in [5.74, 6) is 0.320. The summed E-state index contributed by atoms with van der Waals surface area (Å²) < 4.78 is 0. The minimum absolute atomic E-state index is 0.00224. The summed E-state index contributed by atoms with van der Waals surface area (Å²) in [5.41, 5.74) is 6.37. The second-order valence-electron chi connectivity index (χ2n) is 5.08. The lowest BCUT2D eigenvalue weighted by atomic mass is 9.91. The maximum atomic E-state index is 12.8. The SMILES string of the molecule is CCN(CCO)C(=O)[C@@]1(c2ccccc2)CC1CN. The Kier molecular flexibility index (Phi) is 4.22. The van der Waals surface area contributed by atoms with Crippen LogP contribution < -0.4 is 5.73 Å². The molecule has 0 spiro atoms. The van der Waals surface area contributed by atoms with Crippen molar-refractivity contribution in [2.24, 2.45) is 11.7 Å². The lowest BCUT2D eigenvalue weighted by Gasteiger charge is -2.27. The molecule has 0 radical (unpaired) electrons. The Balaban J connectivity index is 2.29. The number of benzene rings is 1. The Morgan fingerprint density at radius 1 is 1.47 bits per heavy atom. The first-order chi connectivity index (χ1) is 9.20. The molecule has 1 aliphatic carbocycles. The molecule has 2 rings (SSSR count). The molecule has 0 aromatic heterocycles.